The van der Waals surface area contributed by atoms with Crippen LogP contribution in [0.5, 0.6) is 0 Å². The summed E-state index contributed by atoms with van der Waals surface area (Å²) in [7, 11) is 0. The van der Waals surface area contributed by atoms with Crippen LogP contribution in [-0.2, 0) is 13.1 Å². The average Bonchev–Trinajstić information content (AvgIpc) is 3.20. The number of hydrogen-bond acceptors (Lipinski definition) is 3. The van der Waals surface area contributed by atoms with Crippen LogP contribution in [0.15, 0.2) is 36.5 Å². The molecule has 1 aromatic carbocycles. The summed E-state index contributed by atoms with van der Waals surface area (Å²) >= 11 is 0. The van der Waals surface area contributed by atoms with Gasteiger partial charge in [-0.3, -0.25) is 9.78 Å². The van der Waals surface area contributed by atoms with E-state index in [0.717, 1.165) is 29.2 Å². The average molecular weight is 327 g/mol. The number of hydrogen-bond donors (Lipinski definition) is 2. The molecule has 0 aliphatic heterocycles. The van der Waals surface area contributed by atoms with Gasteiger partial charge in [0.1, 0.15) is 5.82 Å². The lowest BCUT2D eigenvalue weighted by Gasteiger charge is -2.12. The Morgan fingerprint density at radius 3 is 2.71 bits per heavy atom. The highest BCUT2D eigenvalue weighted by atomic mass is 19.1. The molecule has 0 saturated heterocycles. The molecule has 0 amide bonds. The number of benzene rings is 1. The van der Waals surface area contributed by atoms with E-state index in [1.54, 1.807) is 12.1 Å². The van der Waals surface area contributed by atoms with Gasteiger partial charge in [-0.05, 0) is 51.1 Å². The van der Waals surface area contributed by atoms with Crippen molar-refractivity contribution in [3.8, 4) is 11.3 Å². The van der Waals surface area contributed by atoms with Crippen molar-refractivity contribution < 1.29 is 4.39 Å². The minimum atomic E-state index is -0.243. The summed E-state index contributed by atoms with van der Waals surface area (Å²) in [4.78, 5) is 0. The van der Waals surface area contributed by atoms with E-state index in [1.807, 2.05) is 17.7 Å². The van der Waals surface area contributed by atoms with Gasteiger partial charge < -0.3 is 5.32 Å². The van der Waals surface area contributed by atoms with Crippen LogP contribution in [0.3, 0.4) is 0 Å². The lowest BCUT2D eigenvalue weighted by atomic mass is 10.1. The molecule has 0 aliphatic carbocycles. The van der Waals surface area contributed by atoms with Gasteiger partial charge in [-0.2, -0.15) is 10.2 Å². The molecule has 0 aliphatic rings. The van der Waals surface area contributed by atoms with E-state index in [0.29, 0.717) is 6.54 Å². The molecule has 5 nitrogen and oxygen atoms in total. The highest BCUT2D eigenvalue weighted by molar-refractivity contribution is 5.58. The zero-order valence-electron chi connectivity index (χ0n) is 14.2. The first kappa shape index (κ1) is 16.4. The molecule has 3 rings (SSSR count). The zero-order chi connectivity index (χ0) is 17.1. The van der Waals surface area contributed by atoms with Crippen LogP contribution in [0.4, 0.5) is 4.39 Å². The minimum absolute atomic E-state index is 0.197. The van der Waals surface area contributed by atoms with Crippen LogP contribution >= 0.6 is 0 Å². The quantitative estimate of drug-likeness (QED) is 0.727. The van der Waals surface area contributed by atoms with Crippen molar-refractivity contribution >= 4 is 0 Å². The summed E-state index contributed by atoms with van der Waals surface area (Å²) in [6.45, 7) is 7.78. The van der Waals surface area contributed by atoms with Gasteiger partial charge in [0, 0.05) is 42.1 Å². The van der Waals surface area contributed by atoms with Crippen molar-refractivity contribution in [2.24, 2.45) is 0 Å². The van der Waals surface area contributed by atoms with Gasteiger partial charge in [0.25, 0.3) is 0 Å². The number of nitrogens with one attached hydrogen (secondary N) is 2. The highest BCUT2D eigenvalue weighted by Crippen LogP contribution is 2.19. The van der Waals surface area contributed by atoms with Gasteiger partial charge in [0.15, 0.2) is 0 Å². The van der Waals surface area contributed by atoms with Crippen LogP contribution in [0.1, 0.15) is 36.8 Å². The Morgan fingerprint density at radius 1 is 1.29 bits per heavy atom. The Morgan fingerprint density at radius 2 is 2.04 bits per heavy atom. The summed E-state index contributed by atoms with van der Waals surface area (Å²) in [5.41, 5.74) is 4.95. The van der Waals surface area contributed by atoms with Crippen molar-refractivity contribution in [1.29, 1.82) is 0 Å². The topological polar surface area (TPSA) is 58.5 Å². The first-order valence-electron chi connectivity index (χ1n) is 8.14. The van der Waals surface area contributed by atoms with E-state index in [1.165, 1.54) is 17.7 Å². The fourth-order valence-electron chi connectivity index (χ4n) is 2.71. The fourth-order valence-corrected chi connectivity index (χ4v) is 2.71. The maximum atomic E-state index is 13.0. The first-order valence-corrected chi connectivity index (χ1v) is 8.14. The summed E-state index contributed by atoms with van der Waals surface area (Å²) < 4.78 is 14.9. The number of halogens is 1. The van der Waals surface area contributed by atoms with Crippen LogP contribution < -0.4 is 5.32 Å². The second-order valence-corrected chi connectivity index (χ2v) is 5.91. The van der Waals surface area contributed by atoms with Gasteiger partial charge in [-0.15, -0.1) is 0 Å². The van der Waals surface area contributed by atoms with Crippen molar-refractivity contribution in [1.82, 2.24) is 25.3 Å². The molecular formula is C18H22FN5. The highest BCUT2D eigenvalue weighted by Gasteiger charge is 2.12. The molecule has 0 spiro atoms. The van der Waals surface area contributed by atoms with Gasteiger partial charge in [0.2, 0.25) is 0 Å². The third kappa shape index (κ3) is 3.54. The standard InChI is InChI=1S/C18H22FN5/c1-4-24-11-17(13(3)23-24)12(2)20-10-16-9-18(22-21-16)14-5-7-15(19)8-6-14/h5-9,11-12,20H,4,10H2,1-3H3,(H,21,22). The molecule has 2 aromatic heterocycles. The van der Waals surface area contributed by atoms with Crippen LogP contribution in [0.25, 0.3) is 11.3 Å². The van der Waals surface area contributed by atoms with Gasteiger partial charge in [-0.1, -0.05) is 0 Å². The maximum absolute atomic E-state index is 13.0. The molecule has 1 atom stereocenters. The van der Waals surface area contributed by atoms with Crippen molar-refractivity contribution in [3.05, 3.63) is 59.3 Å². The smallest absolute Gasteiger partial charge is 0.123 e. The number of aromatic nitrogens is 4. The molecule has 1 unspecified atom stereocenters. The van der Waals surface area contributed by atoms with E-state index in [2.05, 4.69) is 40.7 Å². The summed E-state index contributed by atoms with van der Waals surface area (Å²) in [6, 6.07) is 8.52. The van der Waals surface area contributed by atoms with Crippen LogP contribution in [0.2, 0.25) is 0 Å². The van der Waals surface area contributed by atoms with Gasteiger partial charge in [0.05, 0.1) is 11.4 Å². The molecule has 0 fully saturated rings. The van der Waals surface area contributed by atoms with E-state index >= 15 is 0 Å². The largest absolute Gasteiger partial charge is 0.304 e. The second-order valence-electron chi connectivity index (χ2n) is 5.91. The molecule has 126 valence electrons. The third-order valence-corrected chi connectivity index (χ3v) is 4.14. The van der Waals surface area contributed by atoms with E-state index < -0.39 is 0 Å². The Kier molecular flexibility index (Phi) is 4.76. The SMILES string of the molecule is CCn1cc(C(C)NCc2cc(-c3ccc(F)cc3)n[nH]2)c(C)n1. The van der Waals surface area contributed by atoms with E-state index in [-0.39, 0.29) is 11.9 Å². The molecule has 2 heterocycles. The number of H-pyrrole nitrogens is 1. The Balaban J connectivity index is 1.64. The minimum Gasteiger partial charge on any atom is -0.304 e. The maximum Gasteiger partial charge on any atom is 0.123 e. The molecule has 0 radical (unpaired) electrons. The van der Waals surface area contributed by atoms with Crippen molar-refractivity contribution in [3.63, 3.8) is 0 Å². The molecule has 3 aromatic rings. The molecule has 24 heavy (non-hydrogen) atoms. The summed E-state index contributed by atoms with van der Waals surface area (Å²) in [5.74, 6) is -0.243. The number of nitrogens with zero attached hydrogens (tertiary/aromatic N) is 3. The molecular weight excluding hydrogens is 305 g/mol. The predicted molar refractivity (Wildman–Crippen MR) is 91.9 cm³/mol. The van der Waals surface area contributed by atoms with E-state index in [9.17, 15) is 4.39 Å². The van der Waals surface area contributed by atoms with Crippen LogP contribution in [-0.4, -0.2) is 20.0 Å². The van der Waals surface area contributed by atoms with Crippen molar-refractivity contribution in [2.45, 2.75) is 39.9 Å². The fraction of sp³-hybridized carbons (Fsp3) is 0.333. The summed E-state index contributed by atoms with van der Waals surface area (Å²) in [6.07, 6.45) is 2.09. The molecule has 0 bridgehead atoms. The van der Waals surface area contributed by atoms with Crippen LogP contribution in [0, 0.1) is 12.7 Å². The normalized spacial score (nSPS) is 12.5. The monoisotopic (exact) mass is 327 g/mol. The lowest BCUT2D eigenvalue weighted by Crippen LogP contribution is -2.18. The van der Waals surface area contributed by atoms with Gasteiger partial charge in [-0.25, -0.2) is 4.39 Å². The third-order valence-electron chi connectivity index (χ3n) is 4.14. The van der Waals surface area contributed by atoms with E-state index in [4.69, 9.17) is 0 Å². The second kappa shape index (κ2) is 6.97. The molecule has 6 heteroatoms. The Labute approximate surface area is 140 Å². The number of aryl methyl sites for hydroxylation is 2. The number of aromatic amines is 1. The molecule has 0 saturated carbocycles. The lowest BCUT2D eigenvalue weighted by molar-refractivity contribution is 0.564. The molecule has 2 N–H and O–H groups in total. The first-order chi connectivity index (χ1) is 11.6. The van der Waals surface area contributed by atoms with Crippen molar-refractivity contribution in [2.75, 3.05) is 0 Å². The Bertz CT molecular complexity index is 803. The number of rotatable bonds is 6. The predicted octanol–water partition coefficient (Wildman–Crippen LogP) is 3.59. The van der Waals surface area contributed by atoms with Gasteiger partial charge >= 0.3 is 0 Å². The summed E-state index contributed by atoms with van der Waals surface area (Å²) in [5, 5.41) is 15.3. The Hall–Kier alpha value is -2.47. The zero-order valence-corrected chi connectivity index (χ0v) is 14.2.